The maximum atomic E-state index is 8.96. The number of hydrogen-bond donors (Lipinski definition) is 2. The van der Waals surface area contributed by atoms with Crippen molar-refractivity contribution in [3.05, 3.63) is 28.2 Å². The van der Waals surface area contributed by atoms with E-state index in [9.17, 15) is 0 Å². The molecule has 0 radical (unpaired) electrons. The van der Waals surface area contributed by atoms with Crippen LogP contribution in [0.4, 0.5) is 5.69 Å². The van der Waals surface area contributed by atoms with Crippen LogP contribution in [0, 0.1) is 11.3 Å². The zero-order valence-electron chi connectivity index (χ0n) is 8.63. The average molecular weight is 268 g/mol. The molecule has 3 nitrogen and oxygen atoms in total. The lowest BCUT2D eigenvalue weighted by atomic mass is 10.2. The summed E-state index contributed by atoms with van der Waals surface area (Å²) in [5, 5.41) is 12.2. The SMILES string of the molecule is CC(N)CCNc1cccc(Br)c1C#N. The number of halogens is 1. The topological polar surface area (TPSA) is 61.8 Å². The molecule has 0 saturated carbocycles. The lowest BCUT2D eigenvalue weighted by molar-refractivity contribution is 0.690. The second-order valence-corrected chi connectivity index (χ2v) is 4.32. The molecular formula is C11H14BrN3. The molecule has 3 N–H and O–H groups in total. The van der Waals surface area contributed by atoms with Gasteiger partial charge in [0.15, 0.2) is 0 Å². The number of nitrogens with zero attached hydrogens (tertiary/aromatic N) is 1. The number of rotatable bonds is 4. The highest BCUT2D eigenvalue weighted by Gasteiger charge is 2.04. The molecule has 15 heavy (non-hydrogen) atoms. The number of nitrogens with one attached hydrogen (secondary N) is 1. The van der Waals surface area contributed by atoms with Gasteiger partial charge in [-0.25, -0.2) is 0 Å². The van der Waals surface area contributed by atoms with E-state index in [0.29, 0.717) is 5.56 Å². The lowest BCUT2D eigenvalue weighted by Gasteiger charge is -2.10. The van der Waals surface area contributed by atoms with Gasteiger partial charge in [-0.1, -0.05) is 6.07 Å². The first kappa shape index (κ1) is 12.0. The highest BCUT2D eigenvalue weighted by atomic mass is 79.9. The average Bonchev–Trinajstić information content (AvgIpc) is 2.17. The summed E-state index contributed by atoms with van der Waals surface area (Å²) in [7, 11) is 0. The van der Waals surface area contributed by atoms with Crippen LogP contribution >= 0.6 is 15.9 Å². The van der Waals surface area contributed by atoms with Crippen molar-refractivity contribution in [1.82, 2.24) is 0 Å². The van der Waals surface area contributed by atoms with E-state index in [1.54, 1.807) is 0 Å². The Balaban J connectivity index is 2.69. The van der Waals surface area contributed by atoms with E-state index >= 15 is 0 Å². The van der Waals surface area contributed by atoms with Gasteiger partial charge in [0.25, 0.3) is 0 Å². The molecule has 1 aromatic carbocycles. The number of anilines is 1. The Morgan fingerprint density at radius 2 is 2.33 bits per heavy atom. The van der Waals surface area contributed by atoms with E-state index in [4.69, 9.17) is 11.0 Å². The minimum Gasteiger partial charge on any atom is -0.384 e. The number of nitrogens with two attached hydrogens (primary N) is 1. The molecule has 0 aliphatic heterocycles. The molecule has 0 heterocycles. The van der Waals surface area contributed by atoms with Crippen molar-refractivity contribution in [2.24, 2.45) is 5.73 Å². The maximum absolute atomic E-state index is 8.96. The molecule has 0 fully saturated rings. The molecule has 0 aliphatic rings. The molecule has 1 aromatic rings. The van der Waals surface area contributed by atoms with Crippen LogP contribution in [0.25, 0.3) is 0 Å². The highest BCUT2D eigenvalue weighted by Crippen LogP contribution is 2.23. The van der Waals surface area contributed by atoms with E-state index in [1.165, 1.54) is 0 Å². The van der Waals surface area contributed by atoms with Gasteiger partial charge in [0.2, 0.25) is 0 Å². The molecule has 1 rings (SSSR count). The Labute approximate surface area is 98.4 Å². The van der Waals surface area contributed by atoms with Gasteiger partial charge >= 0.3 is 0 Å². The fourth-order valence-electron chi connectivity index (χ4n) is 1.22. The summed E-state index contributed by atoms with van der Waals surface area (Å²) < 4.78 is 0.816. The third-order valence-electron chi connectivity index (χ3n) is 2.04. The fraction of sp³-hybridized carbons (Fsp3) is 0.364. The first-order valence-corrected chi connectivity index (χ1v) is 5.62. The molecular weight excluding hydrogens is 254 g/mol. The van der Waals surface area contributed by atoms with Gasteiger partial charge in [-0.05, 0) is 41.4 Å². The summed E-state index contributed by atoms with van der Waals surface area (Å²) >= 11 is 3.34. The van der Waals surface area contributed by atoms with E-state index in [0.717, 1.165) is 23.1 Å². The predicted molar refractivity (Wildman–Crippen MR) is 65.6 cm³/mol. The molecule has 4 heteroatoms. The number of nitriles is 1. The van der Waals surface area contributed by atoms with Gasteiger partial charge < -0.3 is 11.1 Å². The Kier molecular flexibility index (Phi) is 4.60. The lowest BCUT2D eigenvalue weighted by Crippen LogP contribution is -2.19. The van der Waals surface area contributed by atoms with Gasteiger partial charge in [-0.2, -0.15) is 5.26 Å². The van der Waals surface area contributed by atoms with Crippen LogP contribution in [0.2, 0.25) is 0 Å². The summed E-state index contributed by atoms with van der Waals surface area (Å²) in [6.45, 7) is 2.75. The summed E-state index contributed by atoms with van der Waals surface area (Å²) in [5.41, 5.74) is 7.14. The molecule has 0 bridgehead atoms. The number of benzene rings is 1. The number of hydrogen-bond acceptors (Lipinski definition) is 3. The van der Waals surface area contributed by atoms with Crippen LogP contribution in [-0.2, 0) is 0 Å². The summed E-state index contributed by atoms with van der Waals surface area (Å²) in [6.07, 6.45) is 0.886. The summed E-state index contributed by atoms with van der Waals surface area (Å²) in [5.74, 6) is 0. The van der Waals surface area contributed by atoms with Crippen molar-refractivity contribution in [2.45, 2.75) is 19.4 Å². The molecule has 80 valence electrons. The van der Waals surface area contributed by atoms with E-state index in [1.807, 2.05) is 25.1 Å². The van der Waals surface area contributed by atoms with Gasteiger partial charge in [0.05, 0.1) is 11.3 Å². The van der Waals surface area contributed by atoms with E-state index < -0.39 is 0 Å². The predicted octanol–water partition coefficient (Wildman–Crippen LogP) is 2.47. The second-order valence-electron chi connectivity index (χ2n) is 3.47. The maximum Gasteiger partial charge on any atom is 0.103 e. The Morgan fingerprint density at radius 1 is 1.60 bits per heavy atom. The molecule has 1 unspecified atom stereocenters. The largest absolute Gasteiger partial charge is 0.384 e. The zero-order chi connectivity index (χ0) is 11.3. The quantitative estimate of drug-likeness (QED) is 0.881. The molecule has 0 saturated heterocycles. The van der Waals surface area contributed by atoms with Crippen LogP contribution in [0.15, 0.2) is 22.7 Å². The van der Waals surface area contributed by atoms with Crippen LogP contribution in [-0.4, -0.2) is 12.6 Å². The summed E-state index contributed by atoms with van der Waals surface area (Å²) in [6, 6.07) is 7.99. The van der Waals surface area contributed by atoms with Crippen molar-refractivity contribution >= 4 is 21.6 Å². The van der Waals surface area contributed by atoms with E-state index in [-0.39, 0.29) is 6.04 Å². The van der Waals surface area contributed by atoms with Crippen molar-refractivity contribution in [2.75, 3.05) is 11.9 Å². The first-order chi connectivity index (χ1) is 7.15. The Morgan fingerprint density at radius 3 is 2.93 bits per heavy atom. The minimum atomic E-state index is 0.176. The second kappa shape index (κ2) is 5.74. The van der Waals surface area contributed by atoms with Crippen LogP contribution in [0.3, 0.4) is 0 Å². The summed E-state index contributed by atoms with van der Waals surface area (Å²) in [4.78, 5) is 0. The van der Waals surface area contributed by atoms with Crippen LogP contribution in [0.5, 0.6) is 0 Å². The van der Waals surface area contributed by atoms with E-state index in [2.05, 4.69) is 27.3 Å². The van der Waals surface area contributed by atoms with Crippen molar-refractivity contribution < 1.29 is 0 Å². The van der Waals surface area contributed by atoms with Crippen molar-refractivity contribution in [3.63, 3.8) is 0 Å². The molecule has 0 spiro atoms. The third-order valence-corrected chi connectivity index (χ3v) is 2.70. The highest BCUT2D eigenvalue weighted by molar-refractivity contribution is 9.10. The van der Waals surface area contributed by atoms with Gasteiger partial charge in [-0.3, -0.25) is 0 Å². The van der Waals surface area contributed by atoms with Gasteiger partial charge in [0.1, 0.15) is 6.07 Å². The first-order valence-electron chi connectivity index (χ1n) is 4.83. The Hall–Kier alpha value is -1.05. The smallest absolute Gasteiger partial charge is 0.103 e. The molecule has 1 atom stereocenters. The fourth-order valence-corrected chi connectivity index (χ4v) is 1.67. The van der Waals surface area contributed by atoms with Gasteiger partial charge in [0, 0.05) is 17.1 Å². The third kappa shape index (κ3) is 3.54. The Bertz CT molecular complexity index is 369. The molecule has 0 aromatic heterocycles. The van der Waals surface area contributed by atoms with Crippen molar-refractivity contribution in [1.29, 1.82) is 5.26 Å². The van der Waals surface area contributed by atoms with Crippen LogP contribution < -0.4 is 11.1 Å². The van der Waals surface area contributed by atoms with Crippen LogP contribution in [0.1, 0.15) is 18.9 Å². The molecule has 0 aliphatic carbocycles. The van der Waals surface area contributed by atoms with Gasteiger partial charge in [-0.15, -0.1) is 0 Å². The minimum absolute atomic E-state index is 0.176. The zero-order valence-corrected chi connectivity index (χ0v) is 10.2. The molecule has 0 amide bonds. The normalized spacial score (nSPS) is 11.9. The van der Waals surface area contributed by atoms with Crippen molar-refractivity contribution in [3.8, 4) is 6.07 Å². The standard InChI is InChI=1S/C11H14BrN3/c1-8(14)5-6-15-11-4-2-3-10(12)9(11)7-13/h2-4,8,15H,5-6,14H2,1H3. The monoisotopic (exact) mass is 267 g/mol.